The summed E-state index contributed by atoms with van der Waals surface area (Å²) in [6.45, 7) is 3.71. The highest BCUT2D eigenvalue weighted by atomic mass is 16.1. The molecule has 1 aromatic carbocycles. The number of pyridine rings is 1. The highest BCUT2D eigenvalue weighted by Gasteiger charge is 2.18. The van der Waals surface area contributed by atoms with E-state index in [1.807, 2.05) is 36.4 Å². The monoisotopic (exact) mass is 320 g/mol. The summed E-state index contributed by atoms with van der Waals surface area (Å²) in [5, 5.41) is 21.9. The number of nitrogens with zero attached hydrogens (tertiary/aromatic N) is 3. The highest BCUT2D eigenvalue weighted by molar-refractivity contribution is 5.80. The molecule has 1 fully saturated rings. The van der Waals surface area contributed by atoms with Crippen LogP contribution in [0.25, 0.3) is 11.1 Å². The number of aromatic nitrogens is 1. The van der Waals surface area contributed by atoms with Crippen LogP contribution in [0.5, 0.6) is 0 Å². The number of anilines is 2. The number of nitriles is 2. The first-order valence-electron chi connectivity index (χ1n) is 7.57. The van der Waals surface area contributed by atoms with Crippen LogP contribution in [0.1, 0.15) is 11.1 Å². The SMILES string of the molecule is N#Cc1c(N)[nH]c(=O)c(C#N)c1-c1ccc(N2CCNCC2)cc1. The van der Waals surface area contributed by atoms with Gasteiger partial charge in [0, 0.05) is 37.4 Å². The Labute approximate surface area is 138 Å². The molecule has 0 aliphatic carbocycles. The fourth-order valence-corrected chi connectivity index (χ4v) is 2.89. The summed E-state index contributed by atoms with van der Waals surface area (Å²) >= 11 is 0. The molecular formula is C17H16N6O. The van der Waals surface area contributed by atoms with Crippen LogP contribution in [0, 0.1) is 22.7 Å². The van der Waals surface area contributed by atoms with E-state index in [9.17, 15) is 15.3 Å². The van der Waals surface area contributed by atoms with E-state index in [1.165, 1.54) is 0 Å². The number of piperazine rings is 1. The molecule has 1 aliphatic heterocycles. The lowest BCUT2D eigenvalue weighted by Crippen LogP contribution is -2.43. The van der Waals surface area contributed by atoms with Crippen LogP contribution in [-0.4, -0.2) is 31.2 Å². The maximum atomic E-state index is 12.0. The molecule has 7 nitrogen and oxygen atoms in total. The average Bonchev–Trinajstić information content (AvgIpc) is 2.62. The van der Waals surface area contributed by atoms with Crippen LogP contribution in [0.15, 0.2) is 29.1 Å². The first-order chi connectivity index (χ1) is 11.7. The summed E-state index contributed by atoms with van der Waals surface area (Å²) in [5.74, 6) is -0.0253. The second kappa shape index (κ2) is 6.45. The smallest absolute Gasteiger partial charge is 0.268 e. The number of nitrogens with one attached hydrogen (secondary N) is 2. The second-order valence-corrected chi connectivity index (χ2v) is 5.50. The van der Waals surface area contributed by atoms with Gasteiger partial charge in [-0.05, 0) is 17.7 Å². The maximum Gasteiger partial charge on any atom is 0.268 e. The van der Waals surface area contributed by atoms with Crippen molar-refractivity contribution in [3.8, 4) is 23.3 Å². The van der Waals surface area contributed by atoms with Crippen molar-refractivity contribution in [1.82, 2.24) is 10.3 Å². The molecule has 4 N–H and O–H groups in total. The Balaban J connectivity index is 2.08. The summed E-state index contributed by atoms with van der Waals surface area (Å²) in [5.41, 5.74) is 7.14. The number of nitrogens with two attached hydrogens (primary N) is 1. The van der Waals surface area contributed by atoms with Gasteiger partial charge in [-0.25, -0.2) is 0 Å². The fourth-order valence-electron chi connectivity index (χ4n) is 2.89. The van der Waals surface area contributed by atoms with Crippen molar-refractivity contribution in [1.29, 1.82) is 10.5 Å². The predicted octanol–water partition coefficient (Wildman–Crippen LogP) is 0.777. The van der Waals surface area contributed by atoms with Crippen LogP contribution >= 0.6 is 0 Å². The molecule has 0 saturated carbocycles. The van der Waals surface area contributed by atoms with Crippen LogP contribution in [0.2, 0.25) is 0 Å². The average molecular weight is 320 g/mol. The van der Waals surface area contributed by atoms with Gasteiger partial charge < -0.3 is 20.9 Å². The third-order valence-electron chi connectivity index (χ3n) is 4.11. The molecular weight excluding hydrogens is 304 g/mol. The van der Waals surface area contributed by atoms with Crippen molar-refractivity contribution in [2.24, 2.45) is 0 Å². The minimum Gasteiger partial charge on any atom is -0.384 e. The molecule has 0 radical (unpaired) electrons. The molecule has 0 spiro atoms. The molecule has 24 heavy (non-hydrogen) atoms. The van der Waals surface area contributed by atoms with Crippen LogP contribution in [-0.2, 0) is 0 Å². The molecule has 0 amide bonds. The van der Waals surface area contributed by atoms with E-state index >= 15 is 0 Å². The van der Waals surface area contributed by atoms with E-state index in [0.29, 0.717) is 5.56 Å². The van der Waals surface area contributed by atoms with Gasteiger partial charge in [0.2, 0.25) is 0 Å². The van der Waals surface area contributed by atoms with Gasteiger partial charge in [0.1, 0.15) is 29.1 Å². The Bertz CT molecular complexity index is 895. The van der Waals surface area contributed by atoms with Gasteiger partial charge in [-0.15, -0.1) is 0 Å². The van der Waals surface area contributed by atoms with E-state index in [4.69, 9.17) is 5.73 Å². The van der Waals surface area contributed by atoms with Gasteiger partial charge in [0.15, 0.2) is 0 Å². The van der Waals surface area contributed by atoms with Gasteiger partial charge in [-0.2, -0.15) is 10.5 Å². The molecule has 1 saturated heterocycles. The molecule has 120 valence electrons. The highest BCUT2D eigenvalue weighted by Crippen LogP contribution is 2.29. The minimum atomic E-state index is -0.588. The van der Waals surface area contributed by atoms with Crippen LogP contribution in [0.3, 0.4) is 0 Å². The van der Waals surface area contributed by atoms with Crippen molar-refractivity contribution >= 4 is 11.5 Å². The first-order valence-corrected chi connectivity index (χ1v) is 7.57. The molecule has 2 heterocycles. The van der Waals surface area contributed by atoms with Crippen molar-refractivity contribution in [2.75, 3.05) is 36.8 Å². The number of hydrogen-bond acceptors (Lipinski definition) is 6. The van der Waals surface area contributed by atoms with Crippen molar-refractivity contribution in [3.05, 3.63) is 45.7 Å². The topological polar surface area (TPSA) is 122 Å². The zero-order valence-electron chi connectivity index (χ0n) is 13.0. The second-order valence-electron chi connectivity index (χ2n) is 5.50. The Morgan fingerprint density at radius 1 is 1.04 bits per heavy atom. The number of nitrogen functional groups attached to an aromatic ring is 1. The van der Waals surface area contributed by atoms with Gasteiger partial charge in [0.05, 0.1) is 0 Å². The zero-order valence-corrected chi connectivity index (χ0v) is 13.0. The molecule has 7 heteroatoms. The lowest BCUT2D eigenvalue weighted by Gasteiger charge is -2.29. The standard InChI is InChI=1S/C17H16N6O/c18-9-13-15(14(10-19)17(24)22-16(13)20)11-1-3-12(4-2-11)23-7-5-21-6-8-23/h1-4,21H,5-8H2,(H3,20,22,24). The zero-order chi connectivity index (χ0) is 17.1. The predicted molar refractivity (Wildman–Crippen MR) is 91.4 cm³/mol. The number of H-pyrrole nitrogens is 1. The van der Waals surface area contributed by atoms with E-state index in [1.54, 1.807) is 0 Å². The Morgan fingerprint density at radius 2 is 1.67 bits per heavy atom. The summed E-state index contributed by atoms with van der Waals surface area (Å²) < 4.78 is 0. The van der Waals surface area contributed by atoms with Crippen LogP contribution < -0.4 is 21.5 Å². The molecule has 1 aliphatic rings. The van der Waals surface area contributed by atoms with E-state index in [2.05, 4.69) is 15.2 Å². The van der Waals surface area contributed by atoms with Gasteiger partial charge in [-0.3, -0.25) is 4.79 Å². The van der Waals surface area contributed by atoms with Crippen molar-refractivity contribution in [3.63, 3.8) is 0 Å². The molecule has 2 aromatic rings. The summed E-state index contributed by atoms with van der Waals surface area (Å²) in [6, 6.07) is 11.3. The lowest BCUT2D eigenvalue weighted by molar-refractivity contribution is 0.589. The Morgan fingerprint density at radius 3 is 2.25 bits per heavy atom. The number of rotatable bonds is 2. The van der Waals surface area contributed by atoms with Gasteiger partial charge in [0.25, 0.3) is 5.56 Å². The van der Waals surface area contributed by atoms with E-state index in [0.717, 1.165) is 31.9 Å². The number of aromatic amines is 1. The summed E-state index contributed by atoms with van der Waals surface area (Å²) in [6.07, 6.45) is 0. The summed E-state index contributed by atoms with van der Waals surface area (Å²) in [4.78, 5) is 16.6. The van der Waals surface area contributed by atoms with Crippen molar-refractivity contribution in [2.45, 2.75) is 0 Å². The van der Waals surface area contributed by atoms with Gasteiger partial charge >= 0.3 is 0 Å². The lowest BCUT2D eigenvalue weighted by atomic mass is 9.96. The van der Waals surface area contributed by atoms with Crippen LogP contribution in [0.4, 0.5) is 11.5 Å². The van der Waals surface area contributed by atoms with E-state index in [-0.39, 0.29) is 22.5 Å². The minimum absolute atomic E-state index is 0.0253. The number of benzene rings is 1. The fraction of sp³-hybridized carbons (Fsp3) is 0.235. The van der Waals surface area contributed by atoms with E-state index < -0.39 is 5.56 Å². The molecule has 3 rings (SSSR count). The molecule has 1 aromatic heterocycles. The summed E-state index contributed by atoms with van der Waals surface area (Å²) in [7, 11) is 0. The Hall–Kier alpha value is -3.29. The Kier molecular flexibility index (Phi) is 4.19. The number of hydrogen-bond donors (Lipinski definition) is 3. The largest absolute Gasteiger partial charge is 0.384 e. The third kappa shape index (κ3) is 2.69. The maximum absolute atomic E-state index is 12.0. The molecule has 0 atom stereocenters. The molecule has 0 bridgehead atoms. The third-order valence-corrected chi connectivity index (χ3v) is 4.11. The molecule has 0 unspecified atom stereocenters. The normalized spacial score (nSPS) is 14.0. The van der Waals surface area contributed by atoms with Gasteiger partial charge in [-0.1, -0.05) is 12.1 Å². The first kappa shape index (κ1) is 15.6. The quantitative estimate of drug-likeness (QED) is 0.751. The van der Waals surface area contributed by atoms with Crippen molar-refractivity contribution < 1.29 is 0 Å².